The largest absolute Gasteiger partial charge is 0.374 e. The molecule has 25 heavy (non-hydrogen) atoms. The first-order valence-corrected chi connectivity index (χ1v) is 8.75. The zero-order valence-corrected chi connectivity index (χ0v) is 14.3. The standard InChI is InChI=1S/C18H23N5O2/c1-22-11-14(9-20-22)18(24)21-15-12-23(10-13-4-2-6-19-8-13)16-5-3-7-25-17(15)16/h2,4,6,8-9,11,15-17H,3,5,7,10,12H2,1H3,(H,21,24)/t15-,16-,17-/m1/s1. The number of likely N-dealkylation sites (tertiary alicyclic amines) is 1. The van der Waals surface area contributed by atoms with Gasteiger partial charge in [0.2, 0.25) is 0 Å². The Labute approximate surface area is 147 Å². The second-order valence-electron chi connectivity index (χ2n) is 6.82. The van der Waals surface area contributed by atoms with Crippen LogP contribution in [0.4, 0.5) is 0 Å². The minimum absolute atomic E-state index is 0.00493. The highest BCUT2D eigenvalue weighted by Gasteiger charge is 2.44. The molecule has 0 bridgehead atoms. The van der Waals surface area contributed by atoms with Gasteiger partial charge in [-0.05, 0) is 24.5 Å². The number of pyridine rings is 1. The molecule has 7 heteroatoms. The predicted molar refractivity (Wildman–Crippen MR) is 91.9 cm³/mol. The Bertz CT molecular complexity index is 732. The lowest BCUT2D eigenvalue weighted by Crippen LogP contribution is -2.47. The van der Waals surface area contributed by atoms with Crippen molar-refractivity contribution in [2.45, 2.75) is 37.6 Å². The number of nitrogens with one attached hydrogen (secondary N) is 1. The van der Waals surface area contributed by atoms with Crippen LogP contribution in [0.25, 0.3) is 0 Å². The van der Waals surface area contributed by atoms with Crippen molar-refractivity contribution >= 4 is 5.91 Å². The summed E-state index contributed by atoms with van der Waals surface area (Å²) in [6.45, 7) is 2.38. The van der Waals surface area contributed by atoms with Gasteiger partial charge in [0.1, 0.15) is 0 Å². The third kappa shape index (κ3) is 3.43. The first kappa shape index (κ1) is 16.2. The fourth-order valence-electron chi connectivity index (χ4n) is 3.88. The van der Waals surface area contributed by atoms with E-state index in [0.717, 1.165) is 32.5 Å². The number of rotatable bonds is 4. The molecule has 3 atom stereocenters. The van der Waals surface area contributed by atoms with E-state index in [4.69, 9.17) is 4.74 Å². The number of carbonyl (C=O) groups is 1. The van der Waals surface area contributed by atoms with Crippen LogP contribution in [0, 0.1) is 0 Å². The molecule has 0 spiro atoms. The van der Waals surface area contributed by atoms with Crippen LogP contribution in [-0.4, -0.2) is 56.9 Å². The molecule has 2 fully saturated rings. The predicted octanol–water partition coefficient (Wildman–Crippen LogP) is 0.977. The summed E-state index contributed by atoms with van der Waals surface area (Å²) in [5.41, 5.74) is 1.77. The van der Waals surface area contributed by atoms with Gasteiger partial charge in [-0.1, -0.05) is 6.07 Å². The Balaban J connectivity index is 1.47. The van der Waals surface area contributed by atoms with E-state index in [1.165, 1.54) is 5.56 Å². The van der Waals surface area contributed by atoms with Gasteiger partial charge < -0.3 is 10.1 Å². The Hall–Kier alpha value is -2.25. The first-order valence-electron chi connectivity index (χ1n) is 8.75. The van der Waals surface area contributed by atoms with Gasteiger partial charge in [-0.25, -0.2) is 0 Å². The third-order valence-corrected chi connectivity index (χ3v) is 5.02. The lowest BCUT2D eigenvalue weighted by atomic mass is 10.0. The van der Waals surface area contributed by atoms with Crippen molar-refractivity contribution in [1.82, 2.24) is 25.0 Å². The number of ether oxygens (including phenoxy) is 1. The number of hydrogen-bond acceptors (Lipinski definition) is 5. The molecule has 0 unspecified atom stereocenters. The Morgan fingerprint density at radius 1 is 1.44 bits per heavy atom. The van der Waals surface area contributed by atoms with Gasteiger partial charge >= 0.3 is 0 Å². The molecular formula is C18H23N5O2. The molecule has 1 amide bonds. The van der Waals surface area contributed by atoms with E-state index in [1.54, 1.807) is 23.3 Å². The monoisotopic (exact) mass is 341 g/mol. The van der Waals surface area contributed by atoms with Crippen molar-refractivity contribution < 1.29 is 9.53 Å². The maximum atomic E-state index is 12.5. The van der Waals surface area contributed by atoms with E-state index in [1.807, 2.05) is 19.3 Å². The second-order valence-corrected chi connectivity index (χ2v) is 6.82. The Morgan fingerprint density at radius 3 is 3.12 bits per heavy atom. The summed E-state index contributed by atoms with van der Waals surface area (Å²) in [5, 5.41) is 7.22. The number of amides is 1. The van der Waals surface area contributed by atoms with Crippen LogP contribution in [0.3, 0.4) is 0 Å². The zero-order valence-electron chi connectivity index (χ0n) is 14.3. The molecule has 2 aliphatic heterocycles. The molecule has 0 aliphatic carbocycles. The summed E-state index contributed by atoms with van der Waals surface area (Å²) in [6.07, 6.45) is 9.23. The topological polar surface area (TPSA) is 72.3 Å². The van der Waals surface area contributed by atoms with Gasteiger partial charge in [-0.3, -0.25) is 19.4 Å². The first-order chi connectivity index (χ1) is 12.2. The molecule has 2 saturated heterocycles. The van der Waals surface area contributed by atoms with Crippen molar-refractivity contribution in [1.29, 1.82) is 0 Å². The lowest BCUT2D eigenvalue weighted by Gasteiger charge is -2.32. The number of hydrogen-bond donors (Lipinski definition) is 1. The molecule has 2 aliphatic rings. The fourth-order valence-corrected chi connectivity index (χ4v) is 3.88. The Morgan fingerprint density at radius 2 is 2.36 bits per heavy atom. The van der Waals surface area contributed by atoms with Crippen molar-refractivity contribution in [2.75, 3.05) is 13.2 Å². The number of fused-ring (bicyclic) bond motifs is 1. The van der Waals surface area contributed by atoms with Crippen LogP contribution >= 0.6 is 0 Å². The maximum absolute atomic E-state index is 12.5. The van der Waals surface area contributed by atoms with E-state index >= 15 is 0 Å². The highest BCUT2D eigenvalue weighted by atomic mass is 16.5. The lowest BCUT2D eigenvalue weighted by molar-refractivity contribution is -0.0211. The van der Waals surface area contributed by atoms with E-state index in [9.17, 15) is 4.79 Å². The quantitative estimate of drug-likeness (QED) is 0.897. The van der Waals surface area contributed by atoms with Crippen molar-refractivity contribution in [2.24, 2.45) is 7.05 Å². The van der Waals surface area contributed by atoms with Crippen molar-refractivity contribution in [3.8, 4) is 0 Å². The highest BCUT2D eigenvalue weighted by molar-refractivity contribution is 5.93. The SMILES string of the molecule is Cn1cc(C(=O)N[C@@H]2CN(Cc3cccnc3)[C@@H]3CCCO[C@@H]32)cn1. The molecule has 2 aromatic rings. The minimum atomic E-state index is -0.0887. The summed E-state index contributed by atoms with van der Waals surface area (Å²) in [5.74, 6) is -0.0887. The van der Waals surface area contributed by atoms with Gasteiger partial charge in [-0.2, -0.15) is 5.10 Å². The van der Waals surface area contributed by atoms with Crippen LogP contribution < -0.4 is 5.32 Å². The molecule has 0 radical (unpaired) electrons. The molecule has 2 aromatic heterocycles. The molecule has 7 nitrogen and oxygen atoms in total. The van der Waals surface area contributed by atoms with Crippen LogP contribution in [0.1, 0.15) is 28.8 Å². The van der Waals surface area contributed by atoms with E-state index in [2.05, 4.69) is 26.4 Å². The second kappa shape index (κ2) is 6.93. The number of aromatic nitrogens is 3. The Kier molecular flexibility index (Phi) is 4.50. The average molecular weight is 341 g/mol. The van der Waals surface area contributed by atoms with E-state index in [-0.39, 0.29) is 18.1 Å². The summed E-state index contributed by atoms with van der Waals surface area (Å²) in [7, 11) is 1.81. The van der Waals surface area contributed by atoms with E-state index in [0.29, 0.717) is 11.6 Å². The summed E-state index contributed by atoms with van der Waals surface area (Å²) < 4.78 is 7.67. The zero-order chi connectivity index (χ0) is 17.2. The molecule has 0 aromatic carbocycles. The van der Waals surface area contributed by atoms with Gasteiger partial charge in [0.15, 0.2) is 0 Å². The molecule has 132 valence electrons. The van der Waals surface area contributed by atoms with Crippen molar-refractivity contribution in [3.05, 3.63) is 48.0 Å². The summed E-state index contributed by atoms with van der Waals surface area (Å²) >= 11 is 0. The average Bonchev–Trinajstić information content (AvgIpc) is 3.21. The summed E-state index contributed by atoms with van der Waals surface area (Å²) in [6, 6.07) is 4.39. The highest BCUT2D eigenvalue weighted by Crippen LogP contribution is 2.30. The van der Waals surface area contributed by atoms with Gasteiger partial charge in [0.25, 0.3) is 5.91 Å². The van der Waals surface area contributed by atoms with Gasteiger partial charge in [-0.15, -0.1) is 0 Å². The van der Waals surface area contributed by atoms with Crippen LogP contribution in [-0.2, 0) is 18.3 Å². The number of nitrogens with zero attached hydrogens (tertiary/aromatic N) is 4. The van der Waals surface area contributed by atoms with Gasteiger partial charge in [0.05, 0.1) is 23.9 Å². The smallest absolute Gasteiger partial charge is 0.254 e. The van der Waals surface area contributed by atoms with E-state index < -0.39 is 0 Å². The normalized spacial score (nSPS) is 26.4. The maximum Gasteiger partial charge on any atom is 0.254 e. The molecule has 4 rings (SSSR count). The third-order valence-electron chi connectivity index (χ3n) is 5.02. The minimum Gasteiger partial charge on any atom is -0.374 e. The fraction of sp³-hybridized carbons (Fsp3) is 0.500. The van der Waals surface area contributed by atoms with Gasteiger partial charge in [0, 0.05) is 51.4 Å². The van der Waals surface area contributed by atoms with Crippen molar-refractivity contribution in [3.63, 3.8) is 0 Å². The molecule has 0 saturated carbocycles. The van der Waals surface area contributed by atoms with Crippen LogP contribution in [0.15, 0.2) is 36.9 Å². The number of aryl methyl sites for hydroxylation is 1. The number of carbonyl (C=O) groups excluding carboxylic acids is 1. The summed E-state index contributed by atoms with van der Waals surface area (Å²) in [4.78, 5) is 19.1. The van der Waals surface area contributed by atoms with Crippen LogP contribution in [0.5, 0.6) is 0 Å². The van der Waals surface area contributed by atoms with Crippen LogP contribution in [0.2, 0.25) is 0 Å². The molecule has 4 heterocycles. The molecular weight excluding hydrogens is 318 g/mol. The molecule has 1 N–H and O–H groups in total.